The molecular weight excluding hydrogens is 188 g/mol. The van der Waals surface area contributed by atoms with Gasteiger partial charge in [-0.1, -0.05) is 12.8 Å². The molecule has 1 aliphatic rings. The standard InChI is InChI=1S/C12H16N2O/c1-9-4-7-14-8-10(9)11(15)12(13)5-2-3-6-12/h4,7-8H,2-3,5-6,13H2,1H3. The topological polar surface area (TPSA) is 56.0 Å². The van der Waals surface area contributed by atoms with Crippen molar-refractivity contribution in [2.75, 3.05) is 0 Å². The molecule has 1 heterocycles. The first-order valence-corrected chi connectivity index (χ1v) is 5.38. The summed E-state index contributed by atoms with van der Waals surface area (Å²) in [6.45, 7) is 1.92. The third-order valence-electron chi connectivity index (χ3n) is 3.23. The number of ketones is 1. The van der Waals surface area contributed by atoms with Gasteiger partial charge in [-0.3, -0.25) is 9.78 Å². The second kappa shape index (κ2) is 3.74. The molecule has 3 heteroatoms. The molecule has 1 aliphatic carbocycles. The smallest absolute Gasteiger partial charge is 0.184 e. The van der Waals surface area contributed by atoms with Crippen LogP contribution in [0.3, 0.4) is 0 Å². The van der Waals surface area contributed by atoms with Gasteiger partial charge in [-0.25, -0.2) is 0 Å². The number of aryl methyl sites for hydroxylation is 1. The van der Waals surface area contributed by atoms with Crippen LogP contribution in [0.4, 0.5) is 0 Å². The summed E-state index contributed by atoms with van der Waals surface area (Å²) in [6.07, 6.45) is 7.05. The van der Waals surface area contributed by atoms with Gasteiger partial charge in [0.15, 0.2) is 5.78 Å². The fraction of sp³-hybridized carbons (Fsp3) is 0.500. The fourth-order valence-corrected chi connectivity index (χ4v) is 2.20. The number of Topliss-reactive ketones (excluding diaryl/α,β-unsaturated/α-hetero) is 1. The van der Waals surface area contributed by atoms with Crippen molar-refractivity contribution in [2.45, 2.75) is 38.1 Å². The van der Waals surface area contributed by atoms with E-state index in [1.165, 1.54) is 0 Å². The van der Waals surface area contributed by atoms with Gasteiger partial charge in [-0.05, 0) is 31.4 Å². The highest BCUT2D eigenvalue weighted by Crippen LogP contribution is 2.30. The molecule has 2 rings (SSSR count). The maximum Gasteiger partial charge on any atom is 0.184 e. The number of nitrogens with two attached hydrogens (primary N) is 1. The number of carbonyl (C=O) groups excluding carboxylic acids is 1. The van der Waals surface area contributed by atoms with E-state index in [1.54, 1.807) is 12.4 Å². The minimum Gasteiger partial charge on any atom is -0.319 e. The van der Waals surface area contributed by atoms with Crippen molar-refractivity contribution in [2.24, 2.45) is 5.73 Å². The molecule has 3 nitrogen and oxygen atoms in total. The van der Waals surface area contributed by atoms with Crippen molar-refractivity contribution >= 4 is 5.78 Å². The second-order valence-electron chi connectivity index (χ2n) is 4.38. The van der Waals surface area contributed by atoms with Gasteiger partial charge in [0, 0.05) is 18.0 Å². The van der Waals surface area contributed by atoms with E-state index in [4.69, 9.17) is 5.73 Å². The summed E-state index contributed by atoms with van der Waals surface area (Å²) < 4.78 is 0. The summed E-state index contributed by atoms with van der Waals surface area (Å²) in [5.41, 5.74) is 7.14. The zero-order valence-corrected chi connectivity index (χ0v) is 8.99. The zero-order chi connectivity index (χ0) is 10.9. The Kier molecular flexibility index (Phi) is 2.57. The Labute approximate surface area is 89.7 Å². The highest BCUT2D eigenvalue weighted by atomic mass is 16.1. The molecule has 2 N–H and O–H groups in total. The van der Waals surface area contributed by atoms with E-state index in [-0.39, 0.29) is 5.78 Å². The lowest BCUT2D eigenvalue weighted by Gasteiger charge is -2.22. The molecule has 0 saturated heterocycles. The Bertz CT molecular complexity index is 381. The lowest BCUT2D eigenvalue weighted by molar-refractivity contribution is 0.0891. The Morgan fingerprint density at radius 2 is 2.13 bits per heavy atom. The number of aromatic nitrogens is 1. The molecule has 80 valence electrons. The molecule has 0 aliphatic heterocycles. The summed E-state index contributed by atoms with van der Waals surface area (Å²) in [7, 11) is 0. The second-order valence-corrected chi connectivity index (χ2v) is 4.38. The van der Waals surface area contributed by atoms with Crippen LogP contribution in [-0.4, -0.2) is 16.3 Å². The van der Waals surface area contributed by atoms with Gasteiger partial charge in [-0.15, -0.1) is 0 Å². The molecule has 1 saturated carbocycles. The molecule has 0 amide bonds. The number of rotatable bonds is 2. The fourth-order valence-electron chi connectivity index (χ4n) is 2.20. The van der Waals surface area contributed by atoms with Crippen molar-refractivity contribution in [3.05, 3.63) is 29.6 Å². The zero-order valence-electron chi connectivity index (χ0n) is 8.99. The molecule has 0 spiro atoms. The van der Waals surface area contributed by atoms with Crippen LogP contribution >= 0.6 is 0 Å². The molecule has 0 bridgehead atoms. The molecule has 1 fully saturated rings. The highest BCUT2D eigenvalue weighted by molar-refractivity contribution is 6.04. The van der Waals surface area contributed by atoms with Crippen LogP contribution in [0.1, 0.15) is 41.6 Å². The van der Waals surface area contributed by atoms with Gasteiger partial charge in [0.1, 0.15) is 0 Å². The number of nitrogens with zero attached hydrogens (tertiary/aromatic N) is 1. The van der Waals surface area contributed by atoms with Crippen LogP contribution in [0.15, 0.2) is 18.5 Å². The number of hydrogen-bond acceptors (Lipinski definition) is 3. The summed E-state index contributed by atoms with van der Waals surface area (Å²) in [4.78, 5) is 16.2. The van der Waals surface area contributed by atoms with E-state index in [0.717, 1.165) is 31.2 Å². The van der Waals surface area contributed by atoms with Gasteiger partial charge >= 0.3 is 0 Å². The Morgan fingerprint density at radius 3 is 2.73 bits per heavy atom. The van der Waals surface area contributed by atoms with Crippen LogP contribution in [0.25, 0.3) is 0 Å². The van der Waals surface area contributed by atoms with Gasteiger partial charge in [0.2, 0.25) is 0 Å². The molecule has 0 aromatic carbocycles. The Hall–Kier alpha value is -1.22. The lowest BCUT2D eigenvalue weighted by atomic mass is 9.88. The van der Waals surface area contributed by atoms with Crippen molar-refractivity contribution in [1.82, 2.24) is 4.98 Å². The minimum absolute atomic E-state index is 0.0607. The van der Waals surface area contributed by atoms with E-state index >= 15 is 0 Å². The largest absolute Gasteiger partial charge is 0.319 e. The van der Waals surface area contributed by atoms with Crippen molar-refractivity contribution < 1.29 is 4.79 Å². The van der Waals surface area contributed by atoms with Gasteiger partial charge in [-0.2, -0.15) is 0 Å². The average Bonchev–Trinajstić information content (AvgIpc) is 2.66. The first-order chi connectivity index (χ1) is 7.13. The van der Waals surface area contributed by atoms with Crippen molar-refractivity contribution in [3.8, 4) is 0 Å². The van der Waals surface area contributed by atoms with Crippen LogP contribution in [0.5, 0.6) is 0 Å². The molecular formula is C12H16N2O. The summed E-state index contributed by atoms with van der Waals surface area (Å²) in [5.74, 6) is 0.0607. The van der Waals surface area contributed by atoms with Gasteiger partial charge < -0.3 is 5.73 Å². The summed E-state index contributed by atoms with van der Waals surface area (Å²) in [5, 5.41) is 0. The van der Waals surface area contributed by atoms with E-state index in [2.05, 4.69) is 4.98 Å². The quantitative estimate of drug-likeness (QED) is 0.748. The summed E-state index contributed by atoms with van der Waals surface area (Å²) in [6, 6.07) is 1.85. The molecule has 0 atom stereocenters. The Morgan fingerprint density at radius 1 is 1.47 bits per heavy atom. The van der Waals surface area contributed by atoms with E-state index < -0.39 is 5.54 Å². The van der Waals surface area contributed by atoms with E-state index in [9.17, 15) is 4.79 Å². The minimum atomic E-state index is -0.631. The monoisotopic (exact) mass is 204 g/mol. The SMILES string of the molecule is Cc1ccncc1C(=O)C1(N)CCCC1. The van der Waals surface area contributed by atoms with E-state index in [0.29, 0.717) is 5.56 Å². The average molecular weight is 204 g/mol. The number of carbonyl (C=O) groups is 1. The van der Waals surface area contributed by atoms with Gasteiger partial charge in [0.05, 0.1) is 5.54 Å². The molecule has 1 aromatic heterocycles. The normalized spacial score (nSPS) is 19.1. The number of hydrogen-bond donors (Lipinski definition) is 1. The molecule has 15 heavy (non-hydrogen) atoms. The van der Waals surface area contributed by atoms with Crippen molar-refractivity contribution in [1.29, 1.82) is 0 Å². The third-order valence-corrected chi connectivity index (χ3v) is 3.23. The molecule has 0 unspecified atom stereocenters. The summed E-state index contributed by atoms with van der Waals surface area (Å²) >= 11 is 0. The molecule has 0 radical (unpaired) electrons. The van der Waals surface area contributed by atoms with Crippen LogP contribution in [0, 0.1) is 6.92 Å². The van der Waals surface area contributed by atoms with Crippen LogP contribution in [-0.2, 0) is 0 Å². The maximum atomic E-state index is 12.2. The first kappa shape index (κ1) is 10.3. The Balaban J connectivity index is 2.32. The number of pyridine rings is 1. The lowest BCUT2D eigenvalue weighted by Crippen LogP contribution is -2.45. The van der Waals surface area contributed by atoms with E-state index in [1.807, 2.05) is 13.0 Å². The predicted molar refractivity (Wildman–Crippen MR) is 58.7 cm³/mol. The van der Waals surface area contributed by atoms with Gasteiger partial charge in [0.25, 0.3) is 0 Å². The molecule has 1 aromatic rings. The third kappa shape index (κ3) is 1.79. The van der Waals surface area contributed by atoms with Crippen LogP contribution < -0.4 is 5.73 Å². The van der Waals surface area contributed by atoms with Crippen molar-refractivity contribution in [3.63, 3.8) is 0 Å². The predicted octanol–water partition coefficient (Wildman–Crippen LogP) is 1.84. The first-order valence-electron chi connectivity index (χ1n) is 5.38. The van der Waals surface area contributed by atoms with Crippen LogP contribution in [0.2, 0.25) is 0 Å². The highest BCUT2D eigenvalue weighted by Gasteiger charge is 2.37. The maximum absolute atomic E-state index is 12.2.